The number of hydrogen-bond donors (Lipinski definition) is 5. The maximum atomic E-state index is 14.3. The molecule has 232 valence electrons. The lowest BCUT2D eigenvalue weighted by Crippen LogP contribution is -2.58. The summed E-state index contributed by atoms with van der Waals surface area (Å²) in [5.74, 6) is -2.28. The number of aliphatic imine (C=N–C) groups is 1. The first kappa shape index (κ1) is 30.1. The predicted molar refractivity (Wildman–Crippen MR) is 156 cm³/mol. The summed E-state index contributed by atoms with van der Waals surface area (Å²) in [5, 5.41) is 46.8. The molecule has 2 saturated heterocycles. The zero-order valence-corrected chi connectivity index (χ0v) is 24.3. The average molecular weight is 607 g/mol. The smallest absolute Gasteiger partial charge is 0.308 e. The van der Waals surface area contributed by atoms with E-state index in [0.29, 0.717) is 38.0 Å². The number of rotatable bonds is 6. The molecule has 12 heteroatoms. The number of fused-ring (bicyclic) bond motifs is 2. The van der Waals surface area contributed by atoms with Crippen molar-refractivity contribution in [3.05, 3.63) is 63.2 Å². The van der Waals surface area contributed by atoms with Crippen LogP contribution in [0.15, 0.2) is 34.8 Å². The van der Waals surface area contributed by atoms with Gasteiger partial charge in [0.2, 0.25) is 6.29 Å². The highest BCUT2D eigenvalue weighted by Gasteiger charge is 2.46. The summed E-state index contributed by atoms with van der Waals surface area (Å²) >= 11 is 0. The van der Waals surface area contributed by atoms with E-state index in [2.05, 4.69) is 10.3 Å². The number of phenolic OH excluding ortho intramolecular Hbond substituents is 1. The van der Waals surface area contributed by atoms with Gasteiger partial charge in [-0.05, 0) is 62.5 Å². The standard InChI is InChI=1S/C32H34N2O10/c1-14-25(36)29(40)30(41)32(42-14)44-31-21(11-16-5-8-34-13-16)23-24(28(39)22(31)17-6-9-33-10-7-17)26(37)19-4-3-18(43-15(2)35)12-20(19)27(23)38/h3-5,12-14,17,25,29-30,32-33,36,39-41H,6-11H2,1-2H3. The molecule has 0 radical (unpaired) electrons. The number of nitrogens with zero attached hydrogens (tertiary/aromatic N) is 1. The zero-order valence-electron chi connectivity index (χ0n) is 24.3. The molecule has 1 aliphatic carbocycles. The number of aliphatic hydroxyl groups is 3. The summed E-state index contributed by atoms with van der Waals surface area (Å²) < 4.78 is 17.3. The van der Waals surface area contributed by atoms with E-state index in [-0.39, 0.29) is 51.7 Å². The molecule has 3 aliphatic heterocycles. The van der Waals surface area contributed by atoms with E-state index in [0.717, 1.165) is 5.57 Å². The van der Waals surface area contributed by atoms with Crippen LogP contribution in [-0.4, -0.2) is 94.5 Å². The van der Waals surface area contributed by atoms with Crippen molar-refractivity contribution in [1.29, 1.82) is 0 Å². The second-order valence-electron chi connectivity index (χ2n) is 11.6. The van der Waals surface area contributed by atoms with E-state index in [1.165, 1.54) is 32.0 Å². The summed E-state index contributed by atoms with van der Waals surface area (Å²) in [5.41, 5.74) is 1.17. The summed E-state index contributed by atoms with van der Waals surface area (Å²) in [6.07, 6.45) is -2.20. The Morgan fingerprint density at radius 2 is 1.77 bits per heavy atom. The van der Waals surface area contributed by atoms with Crippen LogP contribution in [0.4, 0.5) is 0 Å². The molecule has 6 rings (SSSR count). The Morgan fingerprint density at radius 1 is 1.05 bits per heavy atom. The zero-order chi connectivity index (χ0) is 31.3. The van der Waals surface area contributed by atoms with Crippen LogP contribution in [0.5, 0.6) is 17.2 Å². The number of carbonyl (C=O) groups is 3. The number of aromatic hydroxyl groups is 1. The molecule has 0 amide bonds. The number of aliphatic hydroxyl groups excluding tert-OH is 3. The van der Waals surface area contributed by atoms with E-state index in [9.17, 15) is 34.8 Å². The largest absolute Gasteiger partial charge is 0.507 e. The van der Waals surface area contributed by atoms with Gasteiger partial charge >= 0.3 is 5.97 Å². The van der Waals surface area contributed by atoms with Gasteiger partial charge in [-0.1, -0.05) is 6.08 Å². The molecule has 0 aromatic heterocycles. The third-order valence-electron chi connectivity index (χ3n) is 8.65. The lowest BCUT2D eigenvalue weighted by molar-refractivity contribution is -0.268. The molecule has 2 fully saturated rings. The maximum Gasteiger partial charge on any atom is 0.308 e. The lowest BCUT2D eigenvalue weighted by atomic mass is 9.76. The number of esters is 1. The van der Waals surface area contributed by atoms with Crippen LogP contribution in [-0.2, 0) is 16.0 Å². The van der Waals surface area contributed by atoms with Crippen LogP contribution in [0.2, 0.25) is 0 Å². The summed E-state index contributed by atoms with van der Waals surface area (Å²) in [4.78, 5) is 44.2. The van der Waals surface area contributed by atoms with E-state index in [4.69, 9.17) is 14.2 Å². The van der Waals surface area contributed by atoms with E-state index in [1.54, 1.807) is 6.21 Å². The van der Waals surface area contributed by atoms with Gasteiger partial charge in [-0.2, -0.15) is 0 Å². The first-order chi connectivity index (χ1) is 21.1. The molecule has 12 nitrogen and oxygen atoms in total. The summed E-state index contributed by atoms with van der Waals surface area (Å²) in [6.45, 7) is 4.44. The van der Waals surface area contributed by atoms with E-state index < -0.39 is 54.0 Å². The van der Waals surface area contributed by atoms with Crippen molar-refractivity contribution in [2.24, 2.45) is 4.99 Å². The van der Waals surface area contributed by atoms with Gasteiger partial charge in [-0.15, -0.1) is 0 Å². The Morgan fingerprint density at radius 3 is 2.45 bits per heavy atom. The molecule has 5 atom stereocenters. The minimum absolute atomic E-state index is 0.00217. The van der Waals surface area contributed by atoms with Crippen molar-refractivity contribution in [3.8, 4) is 17.2 Å². The number of piperidine rings is 1. The molecule has 0 bridgehead atoms. The van der Waals surface area contributed by atoms with Crippen LogP contribution in [0.25, 0.3) is 0 Å². The number of allylic oxidation sites excluding steroid dienone is 1. The number of carbonyl (C=O) groups excluding carboxylic acids is 3. The third kappa shape index (κ3) is 5.22. The van der Waals surface area contributed by atoms with Crippen LogP contribution in [0, 0.1) is 0 Å². The van der Waals surface area contributed by atoms with Crippen LogP contribution in [0.1, 0.15) is 75.6 Å². The Hall–Kier alpha value is -3.94. The second-order valence-corrected chi connectivity index (χ2v) is 11.6. The van der Waals surface area contributed by atoms with Crippen molar-refractivity contribution >= 4 is 23.8 Å². The van der Waals surface area contributed by atoms with Gasteiger partial charge < -0.3 is 40.0 Å². The summed E-state index contributed by atoms with van der Waals surface area (Å²) in [6, 6.07) is 4.14. The average Bonchev–Trinajstić information content (AvgIpc) is 3.52. The molecule has 4 aliphatic rings. The van der Waals surface area contributed by atoms with Gasteiger partial charge in [-0.3, -0.25) is 19.4 Å². The van der Waals surface area contributed by atoms with Crippen molar-refractivity contribution in [1.82, 2.24) is 5.32 Å². The maximum absolute atomic E-state index is 14.3. The van der Waals surface area contributed by atoms with Crippen molar-refractivity contribution in [3.63, 3.8) is 0 Å². The Balaban J connectivity index is 1.59. The van der Waals surface area contributed by atoms with Crippen LogP contribution >= 0.6 is 0 Å². The van der Waals surface area contributed by atoms with Gasteiger partial charge in [0, 0.05) is 47.4 Å². The molecule has 44 heavy (non-hydrogen) atoms. The van der Waals surface area contributed by atoms with Gasteiger partial charge in [0.15, 0.2) is 11.6 Å². The minimum atomic E-state index is -1.66. The van der Waals surface area contributed by atoms with E-state index in [1.807, 2.05) is 6.08 Å². The SMILES string of the molecule is CC(=O)Oc1ccc2c(c1)C(=O)c1c(CC3=CCN=C3)c(OC3OC(C)C(O)C(O)C3O)c(C3CCNCC3)c(O)c1C2=O. The molecule has 5 N–H and O–H groups in total. The topological polar surface area (TPSA) is 184 Å². The Kier molecular flexibility index (Phi) is 8.12. The number of nitrogens with one attached hydrogen (secondary N) is 1. The fourth-order valence-electron chi connectivity index (χ4n) is 6.40. The van der Waals surface area contributed by atoms with Gasteiger partial charge in [0.1, 0.15) is 35.6 Å². The van der Waals surface area contributed by atoms with Crippen molar-refractivity contribution < 1.29 is 49.0 Å². The van der Waals surface area contributed by atoms with Gasteiger partial charge in [0.05, 0.1) is 18.2 Å². The molecular formula is C32H34N2O10. The van der Waals surface area contributed by atoms with E-state index >= 15 is 0 Å². The van der Waals surface area contributed by atoms with Crippen LogP contribution in [0.3, 0.4) is 0 Å². The van der Waals surface area contributed by atoms with Crippen molar-refractivity contribution in [2.45, 2.75) is 69.7 Å². The number of benzene rings is 2. The fourth-order valence-corrected chi connectivity index (χ4v) is 6.40. The normalized spacial score (nSPS) is 26.7. The highest BCUT2D eigenvalue weighted by Crippen LogP contribution is 2.50. The number of ketones is 2. The number of phenols is 1. The van der Waals surface area contributed by atoms with Gasteiger partial charge in [-0.25, -0.2) is 0 Å². The minimum Gasteiger partial charge on any atom is -0.507 e. The Bertz CT molecular complexity index is 1590. The number of hydrogen-bond acceptors (Lipinski definition) is 12. The third-order valence-corrected chi connectivity index (χ3v) is 8.65. The monoisotopic (exact) mass is 606 g/mol. The van der Waals surface area contributed by atoms with Crippen molar-refractivity contribution in [2.75, 3.05) is 19.6 Å². The highest BCUT2D eigenvalue weighted by atomic mass is 16.7. The molecule has 0 spiro atoms. The first-order valence-electron chi connectivity index (χ1n) is 14.7. The molecule has 3 heterocycles. The highest BCUT2D eigenvalue weighted by molar-refractivity contribution is 6.30. The second kappa shape index (κ2) is 11.9. The molecule has 2 aromatic rings. The molecular weight excluding hydrogens is 572 g/mol. The fraction of sp³-hybridized carbons (Fsp3) is 0.438. The first-order valence-corrected chi connectivity index (χ1v) is 14.7. The molecule has 2 aromatic carbocycles. The molecule has 0 saturated carbocycles. The number of ether oxygens (including phenoxy) is 3. The lowest BCUT2D eigenvalue weighted by Gasteiger charge is -2.40. The summed E-state index contributed by atoms with van der Waals surface area (Å²) in [7, 11) is 0. The van der Waals surface area contributed by atoms with Crippen LogP contribution < -0.4 is 14.8 Å². The predicted octanol–water partition coefficient (Wildman–Crippen LogP) is 1.32. The molecule has 5 unspecified atom stereocenters. The van der Waals surface area contributed by atoms with Gasteiger partial charge in [0.25, 0.3) is 0 Å². The Labute approximate surface area is 253 Å². The quantitative estimate of drug-likeness (QED) is 0.201.